The van der Waals surface area contributed by atoms with Crippen LogP contribution in [0.4, 0.5) is 4.39 Å². The Kier molecular flexibility index (Phi) is 3.06. The van der Waals surface area contributed by atoms with Gasteiger partial charge in [0, 0.05) is 12.1 Å². The molecule has 1 aromatic heterocycles. The molecule has 4 heteroatoms. The van der Waals surface area contributed by atoms with E-state index in [1.54, 1.807) is 24.4 Å². The van der Waals surface area contributed by atoms with E-state index in [9.17, 15) is 9.18 Å². The molecule has 0 aliphatic heterocycles. The van der Waals surface area contributed by atoms with Gasteiger partial charge in [-0.25, -0.2) is 4.39 Å². The van der Waals surface area contributed by atoms with E-state index < -0.39 is 0 Å². The molecule has 0 saturated carbocycles. The molecule has 0 bridgehead atoms. The van der Waals surface area contributed by atoms with Crippen LogP contribution in [-0.4, -0.2) is 4.98 Å². The maximum absolute atomic E-state index is 12.8. The van der Waals surface area contributed by atoms with Gasteiger partial charge in [0.1, 0.15) is 5.82 Å². The van der Waals surface area contributed by atoms with Gasteiger partial charge in [0.05, 0.1) is 5.56 Å². The van der Waals surface area contributed by atoms with E-state index >= 15 is 0 Å². The summed E-state index contributed by atoms with van der Waals surface area (Å²) in [5.74, 6) is -0.0834. The van der Waals surface area contributed by atoms with Crippen LogP contribution in [0.15, 0.2) is 41.3 Å². The number of alkyl halides is 1. The van der Waals surface area contributed by atoms with Crippen molar-refractivity contribution in [2.75, 3.05) is 0 Å². The van der Waals surface area contributed by atoms with E-state index in [0.717, 1.165) is 5.56 Å². The Bertz CT molecular complexity index is 548. The molecule has 16 heavy (non-hydrogen) atoms. The summed E-state index contributed by atoms with van der Waals surface area (Å²) >= 11 is 5.76. The fourth-order valence-electron chi connectivity index (χ4n) is 1.56. The second-order valence-corrected chi connectivity index (χ2v) is 3.61. The topological polar surface area (TPSA) is 32.9 Å². The number of halogens is 2. The van der Waals surface area contributed by atoms with Crippen LogP contribution in [0, 0.1) is 5.82 Å². The molecule has 1 N–H and O–H groups in total. The molecule has 2 rings (SSSR count). The molecule has 82 valence electrons. The Labute approximate surface area is 96.7 Å². The van der Waals surface area contributed by atoms with Gasteiger partial charge in [-0.05, 0) is 29.3 Å². The molecule has 0 aliphatic carbocycles. The molecule has 1 aromatic carbocycles. The Hall–Kier alpha value is -1.61. The third-order valence-corrected chi connectivity index (χ3v) is 2.61. The highest BCUT2D eigenvalue weighted by molar-refractivity contribution is 6.17. The lowest BCUT2D eigenvalue weighted by atomic mass is 10.0. The van der Waals surface area contributed by atoms with Crippen LogP contribution >= 0.6 is 11.6 Å². The van der Waals surface area contributed by atoms with Crippen LogP contribution in [0.1, 0.15) is 5.56 Å². The van der Waals surface area contributed by atoms with Gasteiger partial charge < -0.3 is 4.98 Å². The Morgan fingerprint density at radius 2 is 1.88 bits per heavy atom. The number of hydrogen-bond donors (Lipinski definition) is 1. The number of nitrogens with one attached hydrogen (secondary N) is 1. The van der Waals surface area contributed by atoms with E-state index in [1.807, 2.05) is 0 Å². The average Bonchev–Trinajstić information content (AvgIpc) is 2.30. The molecule has 0 fully saturated rings. The molecule has 2 aromatic rings. The largest absolute Gasteiger partial charge is 0.329 e. The minimum Gasteiger partial charge on any atom is -0.329 e. The van der Waals surface area contributed by atoms with Gasteiger partial charge in [-0.1, -0.05) is 12.1 Å². The Morgan fingerprint density at radius 3 is 2.50 bits per heavy atom. The molecule has 0 amide bonds. The van der Waals surface area contributed by atoms with Crippen molar-refractivity contribution in [2.24, 2.45) is 0 Å². The molecule has 1 heterocycles. The summed E-state index contributed by atoms with van der Waals surface area (Å²) in [6.07, 6.45) is 1.55. The minimum absolute atomic E-state index is 0.218. The number of aromatic amines is 1. The molecule has 0 aliphatic rings. The van der Waals surface area contributed by atoms with Crippen molar-refractivity contribution in [3.05, 3.63) is 58.3 Å². The van der Waals surface area contributed by atoms with Crippen LogP contribution in [-0.2, 0) is 5.88 Å². The number of benzene rings is 1. The highest BCUT2D eigenvalue weighted by Crippen LogP contribution is 2.20. The predicted molar refractivity (Wildman–Crippen MR) is 62.0 cm³/mol. The highest BCUT2D eigenvalue weighted by Gasteiger charge is 2.08. The van der Waals surface area contributed by atoms with Crippen molar-refractivity contribution in [2.45, 2.75) is 5.88 Å². The van der Waals surface area contributed by atoms with Crippen molar-refractivity contribution in [1.29, 1.82) is 0 Å². The summed E-state index contributed by atoms with van der Waals surface area (Å²) in [7, 11) is 0. The maximum atomic E-state index is 12.8. The second-order valence-electron chi connectivity index (χ2n) is 3.35. The van der Waals surface area contributed by atoms with Crippen molar-refractivity contribution in [3.63, 3.8) is 0 Å². The summed E-state index contributed by atoms with van der Waals surface area (Å²) in [6.45, 7) is 0. The number of H-pyrrole nitrogens is 1. The quantitative estimate of drug-likeness (QED) is 0.801. The zero-order valence-electron chi connectivity index (χ0n) is 8.34. The molecule has 0 atom stereocenters. The molecule has 0 spiro atoms. The standard InChI is InChI=1S/C12H9ClFNO/c13-7-9-5-6-15-12(16)11(9)8-1-3-10(14)4-2-8/h1-6H,7H2,(H,15,16). The van der Waals surface area contributed by atoms with E-state index in [0.29, 0.717) is 11.1 Å². The third-order valence-electron chi connectivity index (χ3n) is 2.32. The van der Waals surface area contributed by atoms with Crippen molar-refractivity contribution in [3.8, 4) is 11.1 Å². The summed E-state index contributed by atoms with van der Waals surface area (Å²) in [5.41, 5.74) is 1.68. The first-order chi connectivity index (χ1) is 7.72. The molecule has 0 radical (unpaired) electrons. The van der Waals surface area contributed by atoms with E-state index in [2.05, 4.69) is 4.98 Å². The first-order valence-corrected chi connectivity index (χ1v) is 5.28. The summed E-state index contributed by atoms with van der Waals surface area (Å²) < 4.78 is 12.8. The fourth-order valence-corrected chi connectivity index (χ4v) is 1.79. The maximum Gasteiger partial charge on any atom is 0.256 e. The third kappa shape index (κ3) is 1.99. The SMILES string of the molecule is O=c1[nH]ccc(CCl)c1-c1ccc(F)cc1. The van der Waals surface area contributed by atoms with Crippen molar-refractivity contribution < 1.29 is 4.39 Å². The minimum atomic E-state index is -0.330. The first kappa shape index (κ1) is 10.9. The van der Waals surface area contributed by atoms with Gasteiger partial charge in [-0.15, -0.1) is 11.6 Å². The van der Waals surface area contributed by atoms with E-state index in [4.69, 9.17) is 11.6 Å². The van der Waals surface area contributed by atoms with Gasteiger partial charge in [0.15, 0.2) is 0 Å². The Balaban J connectivity index is 2.63. The van der Waals surface area contributed by atoms with E-state index in [1.165, 1.54) is 12.1 Å². The van der Waals surface area contributed by atoms with Crippen LogP contribution in [0.3, 0.4) is 0 Å². The number of rotatable bonds is 2. The lowest BCUT2D eigenvalue weighted by molar-refractivity contribution is 0.628. The summed E-state index contributed by atoms with van der Waals surface area (Å²) in [6, 6.07) is 7.51. The predicted octanol–water partition coefficient (Wildman–Crippen LogP) is 2.92. The van der Waals surface area contributed by atoms with Crippen LogP contribution < -0.4 is 5.56 Å². The second kappa shape index (κ2) is 4.49. The number of aromatic nitrogens is 1. The highest BCUT2D eigenvalue weighted by atomic mass is 35.5. The van der Waals surface area contributed by atoms with Crippen LogP contribution in [0.25, 0.3) is 11.1 Å². The molecule has 0 saturated heterocycles. The normalized spacial score (nSPS) is 10.4. The summed E-state index contributed by atoms with van der Waals surface area (Å²) in [5, 5.41) is 0. The monoisotopic (exact) mass is 237 g/mol. The van der Waals surface area contributed by atoms with Crippen LogP contribution in [0.5, 0.6) is 0 Å². The number of hydrogen-bond acceptors (Lipinski definition) is 1. The fraction of sp³-hybridized carbons (Fsp3) is 0.0833. The van der Waals surface area contributed by atoms with Gasteiger partial charge >= 0.3 is 0 Å². The summed E-state index contributed by atoms with van der Waals surface area (Å²) in [4.78, 5) is 14.3. The van der Waals surface area contributed by atoms with Crippen molar-refractivity contribution >= 4 is 11.6 Å². The first-order valence-electron chi connectivity index (χ1n) is 4.75. The zero-order valence-corrected chi connectivity index (χ0v) is 9.09. The van der Waals surface area contributed by atoms with Crippen molar-refractivity contribution in [1.82, 2.24) is 4.98 Å². The lowest BCUT2D eigenvalue weighted by Crippen LogP contribution is -2.10. The average molecular weight is 238 g/mol. The van der Waals surface area contributed by atoms with Gasteiger partial charge in [-0.3, -0.25) is 4.79 Å². The van der Waals surface area contributed by atoms with Crippen LogP contribution in [0.2, 0.25) is 0 Å². The lowest BCUT2D eigenvalue weighted by Gasteiger charge is -2.05. The van der Waals surface area contributed by atoms with Gasteiger partial charge in [-0.2, -0.15) is 0 Å². The Morgan fingerprint density at radius 1 is 1.19 bits per heavy atom. The molecular weight excluding hydrogens is 229 g/mol. The smallest absolute Gasteiger partial charge is 0.256 e. The number of pyridine rings is 1. The molecular formula is C12H9ClFNO. The van der Waals surface area contributed by atoms with Gasteiger partial charge in [0.25, 0.3) is 5.56 Å². The molecule has 0 unspecified atom stereocenters. The molecule has 2 nitrogen and oxygen atoms in total. The van der Waals surface area contributed by atoms with E-state index in [-0.39, 0.29) is 17.3 Å². The van der Waals surface area contributed by atoms with Gasteiger partial charge in [0.2, 0.25) is 0 Å². The zero-order chi connectivity index (χ0) is 11.5.